The van der Waals surface area contributed by atoms with Gasteiger partial charge in [0.15, 0.2) is 5.96 Å². The van der Waals surface area contributed by atoms with E-state index in [0.717, 1.165) is 23.3 Å². The smallest absolute Gasteiger partial charge is 0.341 e. The van der Waals surface area contributed by atoms with Crippen molar-refractivity contribution in [3.63, 3.8) is 0 Å². The van der Waals surface area contributed by atoms with E-state index in [1.807, 2.05) is 17.8 Å². The van der Waals surface area contributed by atoms with Crippen LogP contribution in [-0.4, -0.2) is 50.2 Å². The van der Waals surface area contributed by atoms with E-state index in [9.17, 15) is 4.79 Å². The molecule has 0 amide bonds. The predicted molar refractivity (Wildman–Crippen MR) is 107 cm³/mol. The molecule has 1 aliphatic rings. The molecule has 0 aromatic heterocycles. The first-order valence-electron chi connectivity index (χ1n) is 8.94. The molecule has 2 atom stereocenters. The lowest BCUT2D eigenvalue weighted by molar-refractivity contribution is 0.0597. The average molecular weight is 380 g/mol. The first-order valence-corrected chi connectivity index (χ1v) is 10.2. The maximum atomic E-state index is 11.9. The summed E-state index contributed by atoms with van der Waals surface area (Å²) in [5, 5.41) is 7.57. The highest BCUT2D eigenvalue weighted by molar-refractivity contribution is 7.99. The summed E-state index contributed by atoms with van der Waals surface area (Å²) in [5.41, 5.74) is 1.34. The van der Waals surface area contributed by atoms with Crippen molar-refractivity contribution in [2.45, 2.75) is 44.0 Å². The van der Waals surface area contributed by atoms with Crippen LogP contribution in [0.2, 0.25) is 0 Å². The molecular formula is C19H29N3O3S. The number of hydrogen-bond donors (Lipinski definition) is 2. The van der Waals surface area contributed by atoms with Crippen molar-refractivity contribution in [2.75, 3.05) is 27.0 Å². The van der Waals surface area contributed by atoms with Gasteiger partial charge in [-0.15, -0.1) is 0 Å². The Kier molecular flexibility index (Phi) is 8.09. The minimum Gasteiger partial charge on any atom is -0.496 e. The van der Waals surface area contributed by atoms with Gasteiger partial charge in [-0.2, -0.15) is 11.8 Å². The van der Waals surface area contributed by atoms with E-state index >= 15 is 0 Å². The molecule has 0 heterocycles. The first kappa shape index (κ1) is 20.4. The quantitative estimate of drug-likeness (QED) is 0.431. The van der Waals surface area contributed by atoms with Gasteiger partial charge in [0, 0.05) is 17.8 Å². The number of ether oxygens (including phenoxy) is 2. The van der Waals surface area contributed by atoms with Gasteiger partial charge in [0.25, 0.3) is 0 Å². The van der Waals surface area contributed by atoms with Crippen molar-refractivity contribution in [1.29, 1.82) is 0 Å². The monoisotopic (exact) mass is 379 g/mol. The normalized spacial score (nSPS) is 19.9. The van der Waals surface area contributed by atoms with Gasteiger partial charge in [-0.05, 0) is 50.1 Å². The van der Waals surface area contributed by atoms with Crippen LogP contribution < -0.4 is 15.4 Å². The lowest BCUT2D eigenvalue weighted by Gasteiger charge is -2.17. The minimum absolute atomic E-state index is 0.410. The summed E-state index contributed by atoms with van der Waals surface area (Å²) in [6, 6.07) is 5.93. The molecule has 7 heteroatoms. The Morgan fingerprint density at radius 1 is 1.35 bits per heavy atom. The third-order valence-corrected chi connectivity index (χ3v) is 5.59. The molecule has 0 spiro atoms. The molecule has 1 fully saturated rings. The van der Waals surface area contributed by atoms with Crippen LogP contribution in [0.1, 0.15) is 42.1 Å². The van der Waals surface area contributed by atoms with Crippen LogP contribution in [0, 0.1) is 0 Å². The fraction of sp³-hybridized carbons (Fsp3) is 0.579. The van der Waals surface area contributed by atoms with E-state index in [1.165, 1.54) is 33.5 Å². The highest BCUT2D eigenvalue weighted by atomic mass is 32.2. The zero-order chi connectivity index (χ0) is 18.9. The van der Waals surface area contributed by atoms with Gasteiger partial charge in [0.1, 0.15) is 11.3 Å². The van der Waals surface area contributed by atoms with Crippen LogP contribution in [0.25, 0.3) is 0 Å². The molecule has 144 valence electrons. The predicted octanol–water partition coefficient (Wildman–Crippen LogP) is 2.82. The van der Waals surface area contributed by atoms with Crippen molar-refractivity contribution in [1.82, 2.24) is 10.6 Å². The second-order valence-corrected chi connectivity index (χ2v) is 7.37. The fourth-order valence-electron chi connectivity index (χ4n) is 3.09. The van der Waals surface area contributed by atoms with Gasteiger partial charge >= 0.3 is 5.97 Å². The molecular weight excluding hydrogens is 350 g/mol. The van der Waals surface area contributed by atoms with Crippen LogP contribution in [0.5, 0.6) is 5.75 Å². The highest BCUT2D eigenvalue weighted by Crippen LogP contribution is 2.28. The lowest BCUT2D eigenvalue weighted by Crippen LogP contribution is -2.42. The Hall–Kier alpha value is -1.89. The van der Waals surface area contributed by atoms with Crippen molar-refractivity contribution >= 4 is 23.7 Å². The van der Waals surface area contributed by atoms with Crippen LogP contribution in [0.3, 0.4) is 0 Å². The second kappa shape index (κ2) is 10.3. The zero-order valence-corrected chi connectivity index (χ0v) is 16.8. The van der Waals surface area contributed by atoms with Crippen LogP contribution in [-0.2, 0) is 11.3 Å². The number of rotatable bonds is 7. The minimum atomic E-state index is -0.410. The molecule has 1 aromatic carbocycles. The Balaban J connectivity index is 2.07. The summed E-state index contributed by atoms with van der Waals surface area (Å²) in [7, 11) is 2.90. The van der Waals surface area contributed by atoms with Crippen LogP contribution in [0.15, 0.2) is 23.2 Å². The molecule has 2 N–H and O–H groups in total. The number of hydrogen-bond acceptors (Lipinski definition) is 5. The van der Waals surface area contributed by atoms with Crippen molar-refractivity contribution in [3.05, 3.63) is 29.3 Å². The number of aliphatic imine (C=N–C) groups is 1. The second-order valence-electron chi connectivity index (χ2n) is 6.23. The maximum Gasteiger partial charge on any atom is 0.341 e. The van der Waals surface area contributed by atoms with Gasteiger partial charge in [-0.3, -0.25) is 0 Å². The molecule has 6 nitrogen and oxygen atoms in total. The molecule has 0 aliphatic heterocycles. The summed E-state index contributed by atoms with van der Waals surface area (Å²) >= 11 is 1.94. The van der Waals surface area contributed by atoms with Crippen molar-refractivity contribution in [2.24, 2.45) is 4.99 Å². The highest BCUT2D eigenvalue weighted by Gasteiger charge is 2.24. The number of benzene rings is 1. The van der Waals surface area contributed by atoms with Gasteiger partial charge in [-0.25, -0.2) is 9.79 Å². The van der Waals surface area contributed by atoms with Gasteiger partial charge < -0.3 is 20.1 Å². The third-order valence-electron chi connectivity index (χ3n) is 4.49. The Labute approximate surface area is 160 Å². The lowest BCUT2D eigenvalue weighted by atomic mass is 10.1. The van der Waals surface area contributed by atoms with E-state index in [4.69, 9.17) is 9.47 Å². The molecule has 0 bridgehead atoms. The molecule has 2 unspecified atom stereocenters. The molecule has 26 heavy (non-hydrogen) atoms. The molecule has 1 saturated carbocycles. The number of thioether (sulfide) groups is 1. The van der Waals surface area contributed by atoms with Crippen LogP contribution >= 0.6 is 11.8 Å². The summed E-state index contributed by atoms with van der Waals surface area (Å²) in [5.74, 6) is 0.908. The van der Waals surface area contributed by atoms with Crippen LogP contribution in [0.4, 0.5) is 0 Å². The van der Waals surface area contributed by atoms with Gasteiger partial charge in [-0.1, -0.05) is 6.07 Å². The number of methoxy groups -OCH3 is 2. The first-order chi connectivity index (χ1) is 12.6. The summed E-state index contributed by atoms with van der Waals surface area (Å²) in [6.07, 6.45) is 5.76. The number of carbonyl (C=O) groups is 1. The largest absolute Gasteiger partial charge is 0.496 e. The molecule has 1 aromatic rings. The SMILES string of the molecule is CCNC(=NCc1ccc(OC)c(C(=O)OC)c1)NC1CCC(SC)C1. The standard InChI is InChI=1S/C19H29N3O3S/c1-5-20-19(22-14-7-8-15(11-14)26-4)21-12-13-6-9-17(24-2)16(10-13)18(23)25-3/h6,9-10,14-15H,5,7-8,11-12H2,1-4H3,(H2,20,21,22). The van der Waals surface area contributed by atoms with E-state index < -0.39 is 5.97 Å². The Morgan fingerprint density at radius 2 is 2.15 bits per heavy atom. The maximum absolute atomic E-state index is 11.9. The van der Waals surface area contributed by atoms with Crippen molar-refractivity contribution < 1.29 is 14.3 Å². The van der Waals surface area contributed by atoms with Gasteiger partial charge in [0.2, 0.25) is 0 Å². The third kappa shape index (κ3) is 5.56. The number of nitrogens with one attached hydrogen (secondary N) is 2. The summed E-state index contributed by atoms with van der Waals surface area (Å²) < 4.78 is 10.1. The van der Waals surface area contributed by atoms with Gasteiger partial charge in [0.05, 0.1) is 20.8 Å². The van der Waals surface area contributed by atoms with E-state index in [1.54, 1.807) is 12.1 Å². The number of esters is 1. The Bertz CT molecular complexity index is 636. The zero-order valence-electron chi connectivity index (χ0n) is 16.0. The number of nitrogens with zero attached hydrogens (tertiary/aromatic N) is 1. The topological polar surface area (TPSA) is 72.0 Å². The Morgan fingerprint density at radius 3 is 2.77 bits per heavy atom. The number of guanidine groups is 1. The summed E-state index contributed by atoms with van der Waals surface area (Å²) in [4.78, 5) is 16.6. The van der Waals surface area contributed by atoms with E-state index in [-0.39, 0.29) is 0 Å². The fourth-order valence-corrected chi connectivity index (χ4v) is 3.89. The number of carbonyl (C=O) groups excluding carboxylic acids is 1. The molecule has 1 aliphatic carbocycles. The molecule has 0 saturated heterocycles. The average Bonchev–Trinajstić information content (AvgIpc) is 3.13. The van der Waals surface area contributed by atoms with E-state index in [2.05, 4.69) is 28.8 Å². The molecule has 2 rings (SSSR count). The summed E-state index contributed by atoms with van der Waals surface area (Å²) in [6.45, 7) is 3.34. The van der Waals surface area contributed by atoms with E-state index in [0.29, 0.717) is 23.9 Å². The van der Waals surface area contributed by atoms with Crippen molar-refractivity contribution in [3.8, 4) is 5.75 Å². The molecule has 0 radical (unpaired) electrons.